The highest BCUT2D eigenvalue weighted by Crippen LogP contribution is 2.23. The van der Waals surface area contributed by atoms with Gasteiger partial charge in [0.2, 0.25) is 0 Å². The number of benzene rings is 1. The molecular weight excluding hydrogens is 247 g/mol. The molecule has 1 aromatic rings. The SMILES string of the molecule is CC(C)(C)OC(=O)Nc1ccc(C(C)(C)N)c(F)c1. The van der Waals surface area contributed by atoms with Gasteiger partial charge in [-0.15, -0.1) is 0 Å². The van der Waals surface area contributed by atoms with Crippen LogP contribution >= 0.6 is 0 Å². The molecule has 3 N–H and O–H groups in total. The summed E-state index contributed by atoms with van der Waals surface area (Å²) >= 11 is 0. The van der Waals surface area contributed by atoms with Gasteiger partial charge in [-0.1, -0.05) is 6.07 Å². The molecular formula is C14H21FN2O2. The third-order valence-electron chi connectivity index (χ3n) is 2.31. The van der Waals surface area contributed by atoms with Crippen molar-refractivity contribution in [2.45, 2.75) is 45.8 Å². The Morgan fingerprint density at radius 2 is 1.84 bits per heavy atom. The number of carbonyl (C=O) groups is 1. The number of nitrogens with two attached hydrogens (primary N) is 1. The summed E-state index contributed by atoms with van der Waals surface area (Å²) in [5.41, 5.74) is 5.20. The Kier molecular flexibility index (Phi) is 4.20. The van der Waals surface area contributed by atoms with Gasteiger partial charge in [-0.3, -0.25) is 5.32 Å². The van der Waals surface area contributed by atoms with Crippen LogP contribution in [0.1, 0.15) is 40.2 Å². The molecule has 0 heterocycles. The molecule has 0 unspecified atom stereocenters. The normalized spacial score (nSPS) is 12.2. The van der Waals surface area contributed by atoms with Crippen LogP contribution in [0.15, 0.2) is 18.2 Å². The molecule has 0 saturated carbocycles. The molecule has 0 fully saturated rings. The van der Waals surface area contributed by atoms with Gasteiger partial charge in [-0.05, 0) is 46.8 Å². The van der Waals surface area contributed by atoms with E-state index < -0.39 is 23.1 Å². The van der Waals surface area contributed by atoms with E-state index in [-0.39, 0.29) is 0 Å². The van der Waals surface area contributed by atoms with Gasteiger partial charge in [-0.2, -0.15) is 0 Å². The summed E-state index contributed by atoms with van der Waals surface area (Å²) in [5, 5.41) is 2.48. The van der Waals surface area contributed by atoms with Gasteiger partial charge in [0.25, 0.3) is 0 Å². The molecule has 1 rings (SSSR count). The number of rotatable bonds is 2. The number of hydrogen-bond donors (Lipinski definition) is 2. The van der Waals surface area contributed by atoms with E-state index >= 15 is 0 Å². The van der Waals surface area contributed by atoms with Gasteiger partial charge < -0.3 is 10.5 Å². The first-order chi connectivity index (χ1) is 8.49. The molecule has 0 atom stereocenters. The van der Waals surface area contributed by atoms with E-state index in [1.54, 1.807) is 46.8 Å². The van der Waals surface area contributed by atoms with Crippen molar-refractivity contribution in [3.8, 4) is 0 Å². The predicted octanol–water partition coefficient (Wildman–Crippen LogP) is 3.37. The zero-order valence-electron chi connectivity index (χ0n) is 12.0. The van der Waals surface area contributed by atoms with Gasteiger partial charge in [0.05, 0.1) is 0 Å². The number of ether oxygens (including phenoxy) is 1. The van der Waals surface area contributed by atoms with Crippen molar-refractivity contribution in [1.82, 2.24) is 0 Å². The zero-order valence-corrected chi connectivity index (χ0v) is 12.0. The topological polar surface area (TPSA) is 64.3 Å². The molecule has 5 heteroatoms. The summed E-state index contributed by atoms with van der Waals surface area (Å²) in [5.74, 6) is -0.457. The second-order valence-electron chi connectivity index (χ2n) is 6.04. The van der Waals surface area contributed by atoms with Crippen molar-refractivity contribution in [1.29, 1.82) is 0 Å². The van der Waals surface area contributed by atoms with Crippen LogP contribution in [0.4, 0.5) is 14.9 Å². The Hall–Kier alpha value is -1.62. The maximum absolute atomic E-state index is 13.9. The Balaban J connectivity index is 2.83. The van der Waals surface area contributed by atoms with Gasteiger partial charge in [0, 0.05) is 16.8 Å². The first kappa shape index (κ1) is 15.4. The molecule has 4 nitrogen and oxygen atoms in total. The largest absolute Gasteiger partial charge is 0.444 e. The van der Waals surface area contributed by atoms with Crippen LogP contribution in [0.2, 0.25) is 0 Å². The summed E-state index contributed by atoms with van der Waals surface area (Å²) < 4.78 is 18.9. The first-order valence-corrected chi connectivity index (χ1v) is 6.08. The van der Waals surface area contributed by atoms with Crippen molar-refractivity contribution < 1.29 is 13.9 Å². The minimum Gasteiger partial charge on any atom is -0.444 e. The van der Waals surface area contributed by atoms with Crippen LogP contribution in [-0.2, 0) is 10.3 Å². The highest BCUT2D eigenvalue weighted by atomic mass is 19.1. The van der Waals surface area contributed by atoms with Crippen LogP contribution in [0.5, 0.6) is 0 Å². The van der Waals surface area contributed by atoms with Gasteiger partial charge in [0.15, 0.2) is 0 Å². The lowest BCUT2D eigenvalue weighted by molar-refractivity contribution is 0.0636. The maximum atomic E-state index is 13.9. The highest BCUT2D eigenvalue weighted by molar-refractivity contribution is 5.84. The van der Waals surface area contributed by atoms with Crippen LogP contribution in [0.25, 0.3) is 0 Å². The number of hydrogen-bond acceptors (Lipinski definition) is 3. The van der Waals surface area contributed by atoms with Crippen LogP contribution in [0.3, 0.4) is 0 Å². The quantitative estimate of drug-likeness (QED) is 0.864. The molecule has 0 aliphatic carbocycles. The molecule has 0 aliphatic heterocycles. The summed E-state index contributed by atoms with van der Waals surface area (Å²) in [4.78, 5) is 11.5. The smallest absolute Gasteiger partial charge is 0.412 e. The Labute approximate surface area is 113 Å². The lowest BCUT2D eigenvalue weighted by Crippen LogP contribution is -2.30. The molecule has 1 amide bonds. The number of halogens is 1. The fourth-order valence-corrected chi connectivity index (χ4v) is 1.54. The van der Waals surface area contributed by atoms with Crippen molar-refractivity contribution in [2.24, 2.45) is 5.73 Å². The van der Waals surface area contributed by atoms with E-state index in [1.807, 2.05) is 0 Å². The predicted molar refractivity (Wildman–Crippen MR) is 73.5 cm³/mol. The second-order valence-corrected chi connectivity index (χ2v) is 6.04. The van der Waals surface area contributed by atoms with Crippen LogP contribution in [0, 0.1) is 5.82 Å². The lowest BCUT2D eigenvalue weighted by atomic mass is 9.95. The van der Waals surface area contributed by atoms with Crippen molar-refractivity contribution >= 4 is 11.8 Å². The van der Waals surface area contributed by atoms with Crippen molar-refractivity contribution in [3.63, 3.8) is 0 Å². The molecule has 0 aromatic heterocycles. The second kappa shape index (κ2) is 5.17. The molecule has 1 aromatic carbocycles. The number of amides is 1. The Morgan fingerprint density at radius 3 is 2.26 bits per heavy atom. The molecule has 19 heavy (non-hydrogen) atoms. The minimum absolute atomic E-state index is 0.333. The third-order valence-corrected chi connectivity index (χ3v) is 2.31. The fraction of sp³-hybridized carbons (Fsp3) is 0.500. The number of anilines is 1. The van der Waals surface area contributed by atoms with E-state index in [1.165, 1.54) is 6.07 Å². The van der Waals surface area contributed by atoms with Gasteiger partial charge in [-0.25, -0.2) is 9.18 Å². The Bertz CT molecular complexity index is 473. The van der Waals surface area contributed by atoms with Crippen LogP contribution < -0.4 is 11.1 Å². The molecule has 0 saturated heterocycles. The third kappa shape index (κ3) is 4.87. The Morgan fingerprint density at radius 1 is 1.26 bits per heavy atom. The summed E-state index contributed by atoms with van der Waals surface area (Å²) in [7, 11) is 0. The summed E-state index contributed by atoms with van der Waals surface area (Å²) in [6.07, 6.45) is -0.619. The van der Waals surface area contributed by atoms with Gasteiger partial charge >= 0.3 is 6.09 Å². The van der Waals surface area contributed by atoms with Gasteiger partial charge in [0.1, 0.15) is 11.4 Å². The number of carbonyl (C=O) groups excluding carboxylic acids is 1. The number of nitrogens with one attached hydrogen (secondary N) is 1. The summed E-state index contributed by atoms with van der Waals surface area (Å²) in [6.45, 7) is 8.70. The lowest BCUT2D eigenvalue weighted by Gasteiger charge is -2.21. The first-order valence-electron chi connectivity index (χ1n) is 6.08. The highest BCUT2D eigenvalue weighted by Gasteiger charge is 2.20. The van der Waals surface area contributed by atoms with E-state index in [2.05, 4.69) is 5.32 Å². The molecule has 106 valence electrons. The van der Waals surface area contributed by atoms with Crippen molar-refractivity contribution in [2.75, 3.05) is 5.32 Å². The minimum atomic E-state index is -0.769. The fourth-order valence-electron chi connectivity index (χ4n) is 1.54. The molecule has 0 radical (unpaired) electrons. The van der Waals surface area contributed by atoms with E-state index in [9.17, 15) is 9.18 Å². The van der Waals surface area contributed by atoms with E-state index in [0.717, 1.165) is 0 Å². The average Bonchev–Trinajstić information content (AvgIpc) is 2.11. The summed E-state index contributed by atoms with van der Waals surface area (Å²) in [6, 6.07) is 4.38. The molecule has 0 bridgehead atoms. The van der Waals surface area contributed by atoms with Crippen molar-refractivity contribution in [3.05, 3.63) is 29.6 Å². The van der Waals surface area contributed by atoms with E-state index in [4.69, 9.17) is 10.5 Å². The monoisotopic (exact) mass is 268 g/mol. The van der Waals surface area contributed by atoms with Crippen LogP contribution in [-0.4, -0.2) is 11.7 Å². The standard InChI is InChI=1S/C14H21FN2O2/c1-13(2,3)19-12(18)17-9-6-7-10(11(15)8-9)14(4,5)16/h6-8H,16H2,1-5H3,(H,17,18). The zero-order chi connectivity index (χ0) is 14.8. The maximum Gasteiger partial charge on any atom is 0.412 e. The average molecular weight is 268 g/mol. The molecule has 0 spiro atoms. The molecule has 0 aliphatic rings. The van der Waals surface area contributed by atoms with E-state index in [0.29, 0.717) is 11.3 Å².